The largest absolute Gasteiger partial charge is 0.489 e. The van der Waals surface area contributed by atoms with Crippen molar-refractivity contribution < 1.29 is 40.7 Å². The molecule has 0 aliphatic rings. The molecule has 1 N–H and O–H groups in total. The fraction of sp³-hybridized carbons (Fsp3) is 0.143. The molecule has 0 saturated heterocycles. The summed E-state index contributed by atoms with van der Waals surface area (Å²) in [6.07, 6.45) is 1.29. The number of carbonyl (C=O) groups excluding carboxylic acids is 2. The van der Waals surface area contributed by atoms with Crippen LogP contribution in [0.2, 0.25) is 0 Å². The Morgan fingerprint density at radius 1 is 1.00 bits per heavy atom. The molecular formula is C21H17F2NO7S. The van der Waals surface area contributed by atoms with E-state index in [4.69, 9.17) is 13.9 Å². The zero-order valence-electron chi connectivity index (χ0n) is 16.4. The molecule has 1 aromatic heterocycles. The summed E-state index contributed by atoms with van der Waals surface area (Å²) in [6, 6.07) is 14.6. The van der Waals surface area contributed by atoms with Gasteiger partial charge in [-0.15, -0.1) is 0 Å². The van der Waals surface area contributed by atoms with Crippen molar-refractivity contribution in [1.29, 1.82) is 0 Å². The summed E-state index contributed by atoms with van der Waals surface area (Å²) in [6.45, 7) is -0.610. The Kier molecular flexibility index (Phi) is 7.21. The zero-order valence-corrected chi connectivity index (χ0v) is 17.2. The summed E-state index contributed by atoms with van der Waals surface area (Å²) in [5, 5.41) is 2.36. The van der Waals surface area contributed by atoms with Crippen LogP contribution in [0.1, 0.15) is 16.1 Å². The van der Waals surface area contributed by atoms with Crippen LogP contribution in [0.5, 0.6) is 5.75 Å². The van der Waals surface area contributed by atoms with E-state index in [9.17, 15) is 26.8 Å². The fourth-order valence-electron chi connectivity index (χ4n) is 2.53. The molecule has 1 amide bonds. The molecule has 0 spiro atoms. The van der Waals surface area contributed by atoms with Gasteiger partial charge in [-0.2, -0.15) is 8.78 Å². The first kappa shape index (κ1) is 22.9. The number of anilines is 1. The molecule has 0 aliphatic carbocycles. The highest BCUT2D eigenvalue weighted by Gasteiger charge is 2.26. The van der Waals surface area contributed by atoms with Crippen LogP contribution in [0.15, 0.2) is 76.2 Å². The third-order valence-electron chi connectivity index (χ3n) is 4.11. The first-order valence-corrected chi connectivity index (χ1v) is 10.7. The van der Waals surface area contributed by atoms with E-state index in [1.807, 2.05) is 6.07 Å². The van der Waals surface area contributed by atoms with E-state index in [0.29, 0.717) is 11.3 Å². The number of para-hydroxylation sites is 1. The number of ether oxygens (including phenoxy) is 2. The highest BCUT2D eigenvalue weighted by Crippen LogP contribution is 2.20. The summed E-state index contributed by atoms with van der Waals surface area (Å²) in [4.78, 5) is 23.6. The molecule has 0 radical (unpaired) electrons. The van der Waals surface area contributed by atoms with Crippen LogP contribution in [0.25, 0.3) is 0 Å². The number of nitrogens with one attached hydrogen (secondary N) is 1. The summed E-state index contributed by atoms with van der Waals surface area (Å²) < 4.78 is 63.5. The second-order valence-corrected chi connectivity index (χ2v) is 8.25. The SMILES string of the molecule is O=C(COC(=O)c1occc1COc1ccccc1)Nc1ccc(S(=O)(=O)C(F)F)cc1. The van der Waals surface area contributed by atoms with Crippen LogP contribution >= 0.6 is 0 Å². The second-order valence-electron chi connectivity index (χ2n) is 6.33. The summed E-state index contributed by atoms with van der Waals surface area (Å²) in [5.74, 6) is -4.67. The van der Waals surface area contributed by atoms with Crippen molar-refractivity contribution in [1.82, 2.24) is 0 Å². The molecule has 168 valence electrons. The quantitative estimate of drug-likeness (QED) is 0.480. The highest BCUT2D eigenvalue weighted by atomic mass is 32.2. The maximum absolute atomic E-state index is 12.5. The minimum atomic E-state index is -4.73. The van der Waals surface area contributed by atoms with Gasteiger partial charge in [-0.1, -0.05) is 18.2 Å². The molecule has 3 rings (SSSR count). The lowest BCUT2D eigenvalue weighted by Crippen LogP contribution is -2.21. The number of halogens is 2. The van der Waals surface area contributed by atoms with Crippen LogP contribution < -0.4 is 10.1 Å². The molecule has 0 fully saturated rings. The number of carbonyl (C=O) groups is 2. The third kappa shape index (κ3) is 5.70. The van der Waals surface area contributed by atoms with Gasteiger partial charge in [-0.25, -0.2) is 13.2 Å². The maximum atomic E-state index is 12.5. The monoisotopic (exact) mass is 465 g/mol. The smallest absolute Gasteiger partial charge is 0.375 e. The second kappa shape index (κ2) is 10.1. The minimum Gasteiger partial charge on any atom is -0.489 e. The Balaban J connectivity index is 1.52. The first-order chi connectivity index (χ1) is 15.3. The molecule has 0 bridgehead atoms. The van der Waals surface area contributed by atoms with E-state index < -0.39 is 39.0 Å². The Hall–Kier alpha value is -3.73. The zero-order chi connectivity index (χ0) is 23.1. The lowest BCUT2D eigenvalue weighted by molar-refractivity contribution is -0.119. The standard InChI is InChI=1S/C21H17F2NO7S/c22-21(23)32(27,28)17-8-6-15(7-9-17)24-18(25)13-31-20(26)19-14(10-11-29-19)12-30-16-4-2-1-3-5-16/h1-11,21H,12-13H2,(H,24,25). The molecule has 3 aromatic rings. The predicted molar refractivity (Wildman–Crippen MR) is 108 cm³/mol. The number of hydrogen-bond acceptors (Lipinski definition) is 7. The van der Waals surface area contributed by atoms with E-state index in [2.05, 4.69) is 5.32 Å². The molecule has 0 saturated carbocycles. The van der Waals surface area contributed by atoms with Gasteiger partial charge in [0.15, 0.2) is 6.61 Å². The van der Waals surface area contributed by atoms with Gasteiger partial charge < -0.3 is 19.2 Å². The molecule has 2 aromatic carbocycles. The number of hydrogen-bond donors (Lipinski definition) is 1. The van der Waals surface area contributed by atoms with E-state index in [-0.39, 0.29) is 18.1 Å². The van der Waals surface area contributed by atoms with Gasteiger partial charge in [0.05, 0.1) is 11.2 Å². The van der Waals surface area contributed by atoms with E-state index in [1.54, 1.807) is 24.3 Å². The molecular weight excluding hydrogens is 448 g/mol. The normalized spacial score (nSPS) is 11.2. The van der Waals surface area contributed by atoms with Crippen molar-refractivity contribution in [2.24, 2.45) is 0 Å². The van der Waals surface area contributed by atoms with Gasteiger partial charge in [0, 0.05) is 11.3 Å². The topological polar surface area (TPSA) is 112 Å². The summed E-state index contributed by atoms with van der Waals surface area (Å²) in [5.41, 5.74) is 0.560. The number of benzene rings is 2. The predicted octanol–water partition coefficient (Wildman–Crippen LogP) is 3.65. The van der Waals surface area contributed by atoms with Crippen molar-refractivity contribution in [3.05, 3.63) is 78.3 Å². The van der Waals surface area contributed by atoms with Crippen LogP contribution in [-0.2, 0) is 26.0 Å². The van der Waals surface area contributed by atoms with Crippen molar-refractivity contribution in [3.8, 4) is 5.75 Å². The lowest BCUT2D eigenvalue weighted by atomic mass is 10.2. The van der Waals surface area contributed by atoms with E-state index >= 15 is 0 Å². The first-order valence-electron chi connectivity index (χ1n) is 9.10. The lowest BCUT2D eigenvalue weighted by Gasteiger charge is -2.08. The molecule has 8 nitrogen and oxygen atoms in total. The number of rotatable bonds is 9. The van der Waals surface area contributed by atoms with E-state index in [1.165, 1.54) is 12.3 Å². The molecule has 1 heterocycles. The van der Waals surface area contributed by atoms with Gasteiger partial charge >= 0.3 is 11.7 Å². The molecule has 0 aliphatic heterocycles. The number of amides is 1. The average molecular weight is 465 g/mol. The molecule has 0 unspecified atom stereocenters. The van der Waals surface area contributed by atoms with Gasteiger partial charge in [-0.05, 0) is 42.5 Å². The van der Waals surface area contributed by atoms with Crippen LogP contribution in [0.4, 0.5) is 14.5 Å². The van der Waals surface area contributed by atoms with Gasteiger partial charge in [-0.3, -0.25) is 4.79 Å². The van der Waals surface area contributed by atoms with Crippen molar-refractivity contribution in [3.63, 3.8) is 0 Å². The van der Waals surface area contributed by atoms with Crippen LogP contribution in [0.3, 0.4) is 0 Å². The molecule has 0 atom stereocenters. The number of furan rings is 1. The Labute approximate surface area is 181 Å². The highest BCUT2D eigenvalue weighted by molar-refractivity contribution is 7.91. The number of alkyl halides is 2. The van der Waals surface area contributed by atoms with Gasteiger partial charge in [0.1, 0.15) is 12.4 Å². The van der Waals surface area contributed by atoms with E-state index in [0.717, 1.165) is 24.3 Å². The van der Waals surface area contributed by atoms with Crippen molar-refractivity contribution in [2.45, 2.75) is 17.3 Å². The third-order valence-corrected chi connectivity index (χ3v) is 5.50. The van der Waals surface area contributed by atoms with Gasteiger partial charge in [0.25, 0.3) is 5.91 Å². The van der Waals surface area contributed by atoms with Gasteiger partial charge in [0.2, 0.25) is 15.6 Å². The average Bonchev–Trinajstić information content (AvgIpc) is 3.26. The number of esters is 1. The van der Waals surface area contributed by atoms with Crippen LogP contribution in [-0.4, -0.2) is 32.7 Å². The van der Waals surface area contributed by atoms with Crippen LogP contribution in [0, 0.1) is 0 Å². The summed E-state index contributed by atoms with van der Waals surface area (Å²) >= 11 is 0. The van der Waals surface area contributed by atoms with Crippen molar-refractivity contribution >= 4 is 27.4 Å². The number of sulfone groups is 1. The molecule has 11 heteroatoms. The minimum absolute atomic E-state index is 0.0466. The Bertz CT molecular complexity index is 1180. The Morgan fingerprint density at radius 3 is 2.34 bits per heavy atom. The molecule has 32 heavy (non-hydrogen) atoms. The fourth-order valence-corrected chi connectivity index (χ4v) is 3.25. The maximum Gasteiger partial charge on any atom is 0.375 e. The Morgan fingerprint density at radius 2 is 1.69 bits per heavy atom. The van der Waals surface area contributed by atoms with Crippen molar-refractivity contribution in [2.75, 3.05) is 11.9 Å². The summed E-state index contributed by atoms with van der Waals surface area (Å²) in [7, 11) is -4.73.